The molecule has 0 N–H and O–H groups in total. The van der Waals surface area contributed by atoms with Gasteiger partial charge in [-0.15, -0.1) is 0 Å². The van der Waals surface area contributed by atoms with Gasteiger partial charge in [-0.25, -0.2) is 0 Å². The van der Waals surface area contributed by atoms with Crippen LogP contribution in [-0.2, 0) is 0 Å². The largest absolute Gasteiger partial charge is 0.340 e. The molecule has 4 aromatic rings. The van der Waals surface area contributed by atoms with E-state index in [4.69, 9.17) is 0 Å². The molecule has 1 aliphatic rings. The summed E-state index contributed by atoms with van der Waals surface area (Å²) in [6, 6.07) is 37.6. The second-order valence-electron chi connectivity index (χ2n) is 6.97. The summed E-state index contributed by atoms with van der Waals surface area (Å²) in [5.41, 5.74) is 2.63. The molecule has 1 heterocycles. The summed E-state index contributed by atoms with van der Waals surface area (Å²) in [6.45, 7) is 3.20. The molecule has 0 atom stereocenters. The number of nitrogens with zero attached hydrogens (tertiary/aromatic N) is 1. The highest BCUT2D eigenvalue weighted by Crippen LogP contribution is 2.48. The van der Waals surface area contributed by atoms with Crippen LogP contribution in [0.15, 0.2) is 113 Å². The lowest BCUT2D eigenvalue weighted by Gasteiger charge is -2.32. The van der Waals surface area contributed by atoms with Crippen LogP contribution < -0.4 is 20.8 Å². The highest BCUT2D eigenvalue weighted by atomic mass is 32.2. The first-order valence-corrected chi connectivity index (χ1v) is 12.1. The molecule has 0 aliphatic carbocycles. The minimum absolute atomic E-state index is 0.579. The highest BCUT2D eigenvalue weighted by Gasteiger charge is 2.24. The minimum Gasteiger partial charge on any atom is -0.340 e. The fourth-order valence-corrected chi connectivity index (χ4v) is 7.44. The molecule has 0 saturated carbocycles. The third-order valence-electron chi connectivity index (χ3n) is 5.21. The predicted molar refractivity (Wildman–Crippen MR) is 128 cm³/mol. The van der Waals surface area contributed by atoms with E-state index in [1.54, 1.807) is 0 Å². The van der Waals surface area contributed by atoms with Crippen molar-refractivity contribution in [2.75, 3.05) is 11.4 Å². The number of hydrogen-bond acceptors (Lipinski definition) is 2. The van der Waals surface area contributed by atoms with Crippen LogP contribution in [0.2, 0.25) is 0 Å². The Balaban J connectivity index is 1.63. The Kier molecular flexibility index (Phi) is 5.14. The summed E-state index contributed by atoms with van der Waals surface area (Å²) in [5.74, 6) is 0. The van der Waals surface area contributed by atoms with Gasteiger partial charge in [0.05, 0.1) is 11.4 Å². The molecule has 142 valence electrons. The van der Waals surface area contributed by atoms with Gasteiger partial charge in [0.2, 0.25) is 0 Å². The second kappa shape index (κ2) is 8.06. The Morgan fingerprint density at radius 1 is 0.621 bits per heavy atom. The van der Waals surface area contributed by atoms with E-state index in [1.807, 2.05) is 11.8 Å². The molecule has 0 spiro atoms. The zero-order valence-corrected chi connectivity index (χ0v) is 18.0. The van der Waals surface area contributed by atoms with Crippen molar-refractivity contribution in [3.63, 3.8) is 0 Å². The van der Waals surface area contributed by atoms with Crippen LogP contribution >= 0.6 is 19.7 Å². The van der Waals surface area contributed by atoms with E-state index >= 15 is 0 Å². The van der Waals surface area contributed by atoms with Crippen LogP contribution in [0.25, 0.3) is 0 Å². The lowest BCUT2D eigenvalue weighted by atomic mass is 10.2. The maximum atomic E-state index is 2.43. The van der Waals surface area contributed by atoms with E-state index in [0.717, 1.165) is 6.54 Å². The van der Waals surface area contributed by atoms with Crippen molar-refractivity contribution in [2.24, 2.45) is 0 Å². The van der Waals surface area contributed by atoms with E-state index in [1.165, 1.54) is 37.1 Å². The quantitative estimate of drug-likeness (QED) is 0.375. The average Bonchev–Trinajstić information content (AvgIpc) is 2.79. The first kappa shape index (κ1) is 18.5. The van der Waals surface area contributed by atoms with E-state index in [2.05, 4.69) is 115 Å². The van der Waals surface area contributed by atoms with Gasteiger partial charge in [-0.3, -0.25) is 0 Å². The predicted octanol–water partition coefficient (Wildman–Crippen LogP) is 6.07. The monoisotopic (exact) mass is 411 g/mol. The molecule has 0 fully saturated rings. The fourth-order valence-electron chi connectivity index (χ4n) is 3.90. The molecule has 29 heavy (non-hydrogen) atoms. The molecule has 0 saturated heterocycles. The molecule has 0 amide bonds. The lowest BCUT2D eigenvalue weighted by molar-refractivity contribution is 0.980. The Bertz CT molecular complexity index is 1090. The van der Waals surface area contributed by atoms with Gasteiger partial charge in [-0.2, -0.15) is 0 Å². The van der Waals surface area contributed by atoms with Gasteiger partial charge in [0.25, 0.3) is 0 Å². The van der Waals surface area contributed by atoms with Crippen molar-refractivity contribution >= 4 is 47.0 Å². The number of rotatable bonds is 4. The maximum Gasteiger partial charge on any atom is 0.0553 e. The molecule has 0 unspecified atom stereocenters. The number of hydrogen-bond donors (Lipinski definition) is 0. The topological polar surface area (TPSA) is 3.24 Å². The van der Waals surface area contributed by atoms with Crippen LogP contribution in [0, 0.1) is 0 Å². The summed E-state index contributed by atoms with van der Waals surface area (Å²) in [5, 5.41) is 4.18. The number of anilines is 2. The summed E-state index contributed by atoms with van der Waals surface area (Å²) in [6.07, 6.45) is 0. The molecule has 5 rings (SSSR count). The number of fused-ring (bicyclic) bond motifs is 2. The lowest BCUT2D eigenvalue weighted by Crippen LogP contribution is -2.23. The Morgan fingerprint density at radius 3 is 1.86 bits per heavy atom. The third kappa shape index (κ3) is 3.48. The third-order valence-corrected chi connectivity index (χ3v) is 8.75. The van der Waals surface area contributed by atoms with Crippen LogP contribution in [-0.4, -0.2) is 6.54 Å². The van der Waals surface area contributed by atoms with Crippen molar-refractivity contribution in [3.8, 4) is 0 Å². The Hall–Kier alpha value is -2.54. The van der Waals surface area contributed by atoms with Crippen LogP contribution in [0.5, 0.6) is 0 Å². The highest BCUT2D eigenvalue weighted by molar-refractivity contribution is 7.99. The Labute approximate surface area is 178 Å². The number of benzene rings is 4. The number of para-hydroxylation sites is 1. The summed E-state index contributed by atoms with van der Waals surface area (Å²) >= 11 is 1.89. The molecular weight excluding hydrogens is 389 g/mol. The van der Waals surface area contributed by atoms with Crippen LogP contribution in [0.1, 0.15) is 6.92 Å². The van der Waals surface area contributed by atoms with Crippen molar-refractivity contribution in [2.45, 2.75) is 16.7 Å². The van der Waals surface area contributed by atoms with Crippen LogP contribution in [0.3, 0.4) is 0 Å². The summed E-state index contributed by atoms with van der Waals surface area (Å²) < 4.78 is 0. The van der Waals surface area contributed by atoms with Crippen molar-refractivity contribution in [3.05, 3.63) is 103 Å². The first-order valence-electron chi connectivity index (χ1n) is 9.94. The van der Waals surface area contributed by atoms with Gasteiger partial charge in [0.15, 0.2) is 0 Å². The normalized spacial score (nSPS) is 12.6. The fraction of sp³-hybridized carbons (Fsp3) is 0.0769. The van der Waals surface area contributed by atoms with E-state index in [9.17, 15) is 0 Å². The van der Waals surface area contributed by atoms with Crippen molar-refractivity contribution in [1.29, 1.82) is 0 Å². The molecule has 4 aromatic carbocycles. The van der Waals surface area contributed by atoms with Gasteiger partial charge in [0, 0.05) is 16.3 Å². The molecule has 0 radical (unpaired) electrons. The molecule has 1 nitrogen and oxygen atoms in total. The van der Waals surface area contributed by atoms with Crippen molar-refractivity contribution < 1.29 is 0 Å². The Morgan fingerprint density at radius 2 is 1.21 bits per heavy atom. The average molecular weight is 412 g/mol. The standard InChI is InChI=1S/C26H22NPS/c1-2-27-23-15-9-10-16-25(23)29-26-19-22(17-18-24(26)27)28(20-11-5-3-6-12-20)21-13-7-4-8-14-21/h3-19H,2H2,1H3. The smallest absolute Gasteiger partial charge is 0.0553 e. The zero-order chi connectivity index (χ0) is 19.6. The van der Waals surface area contributed by atoms with Crippen LogP contribution in [0.4, 0.5) is 11.4 Å². The molecule has 1 aliphatic heterocycles. The first-order chi connectivity index (χ1) is 14.3. The maximum absolute atomic E-state index is 2.43. The zero-order valence-electron chi connectivity index (χ0n) is 16.3. The second-order valence-corrected chi connectivity index (χ2v) is 10.3. The molecule has 0 aromatic heterocycles. The summed E-state index contributed by atoms with van der Waals surface area (Å²) in [7, 11) is -0.579. The van der Waals surface area contributed by atoms with E-state index in [0.29, 0.717) is 0 Å². The molecule has 3 heteroatoms. The van der Waals surface area contributed by atoms with Gasteiger partial charge < -0.3 is 4.90 Å². The van der Waals surface area contributed by atoms with E-state index < -0.39 is 7.92 Å². The summed E-state index contributed by atoms with van der Waals surface area (Å²) in [4.78, 5) is 5.11. The molecule has 0 bridgehead atoms. The minimum atomic E-state index is -0.579. The van der Waals surface area contributed by atoms with Gasteiger partial charge in [-0.1, -0.05) is 90.6 Å². The van der Waals surface area contributed by atoms with Gasteiger partial charge in [-0.05, 0) is 55.0 Å². The van der Waals surface area contributed by atoms with Gasteiger partial charge in [0.1, 0.15) is 0 Å². The van der Waals surface area contributed by atoms with Gasteiger partial charge >= 0.3 is 0 Å². The SMILES string of the molecule is CCN1c2ccccc2Sc2cc(P(c3ccccc3)c3ccccc3)ccc21. The van der Waals surface area contributed by atoms with E-state index in [-0.39, 0.29) is 0 Å². The van der Waals surface area contributed by atoms with Crippen molar-refractivity contribution in [1.82, 2.24) is 0 Å². The molecular formula is C26H22NPS.